The Labute approximate surface area is 185 Å². The minimum absolute atomic E-state index is 0.0651. The van der Waals surface area contributed by atoms with E-state index in [0.29, 0.717) is 31.5 Å². The Morgan fingerprint density at radius 2 is 1.48 bits per heavy atom. The smallest absolute Gasteiger partial charge is 0.338 e. The van der Waals surface area contributed by atoms with Gasteiger partial charge in [0.25, 0.3) is 5.91 Å². The van der Waals surface area contributed by atoms with E-state index in [1.165, 1.54) is 32.6 Å². The minimum Gasteiger partial charge on any atom is -0.338 e. The van der Waals surface area contributed by atoms with E-state index in [9.17, 15) is 14.4 Å². The maximum Gasteiger partial charge on any atom is 0.426 e. The molecule has 1 aliphatic carbocycles. The van der Waals surface area contributed by atoms with Crippen molar-refractivity contribution in [3.05, 3.63) is 35.4 Å². The molecular weight excluding hydrogens is 390 g/mol. The van der Waals surface area contributed by atoms with E-state index in [4.69, 9.17) is 0 Å². The Morgan fingerprint density at radius 3 is 2.00 bits per heavy atom. The van der Waals surface area contributed by atoms with Crippen molar-refractivity contribution in [3.8, 4) is 0 Å². The first-order valence-electron chi connectivity index (χ1n) is 11.9. The van der Waals surface area contributed by atoms with Crippen molar-refractivity contribution in [2.75, 3.05) is 33.2 Å². The number of carbonyl (C=O) groups excluding carboxylic acids is 3. The highest BCUT2D eigenvalue weighted by Crippen LogP contribution is 2.34. The van der Waals surface area contributed by atoms with Crippen LogP contribution in [0, 0.1) is 11.8 Å². The Hall–Kier alpha value is -2.21. The van der Waals surface area contributed by atoms with E-state index < -0.39 is 0 Å². The van der Waals surface area contributed by atoms with Crippen LogP contribution in [0.5, 0.6) is 0 Å². The van der Waals surface area contributed by atoms with Crippen molar-refractivity contribution in [2.45, 2.75) is 58.4 Å². The topological polar surface area (TPSA) is 57.7 Å². The van der Waals surface area contributed by atoms with Crippen LogP contribution in [0.4, 0.5) is 4.79 Å². The third-order valence-electron chi connectivity index (χ3n) is 7.71. The summed E-state index contributed by atoms with van der Waals surface area (Å²) >= 11 is 0. The number of likely N-dealkylation sites (tertiary alicyclic amines) is 1. The molecule has 0 atom stereocenters. The monoisotopic (exact) mass is 426 g/mol. The van der Waals surface area contributed by atoms with Crippen LogP contribution < -0.4 is 0 Å². The molecule has 6 heteroatoms. The first-order chi connectivity index (χ1) is 14.9. The summed E-state index contributed by atoms with van der Waals surface area (Å²) in [7, 11) is 1.77. The van der Waals surface area contributed by atoms with Gasteiger partial charge in [0.15, 0.2) is 0 Å². The second kappa shape index (κ2) is 9.11. The van der Waals surface area contributed by atoms with Gasteiger partial charge >= 0.3 is 11.9 Å². The molecule has 3 saturated heterocycles. The minimum atomic E-state index is -0.118. The molecule has 31 heavy (non-hydrogen) atoms. The molecule has 1 aromatic rings. The lowest BCUT2D eigenvalue weighted by Crippen LogP contribution is -2.62. The van der Waals surface area contributed by atoms with Crippen LogP contribution in [0.15, 0.2) is 24.3 Å². The molecule has 0 radical (unpaired) electrons. The fourth-order valence-corrected chi connectivity index (χ4v) is 5.76. The molecule has 0 N–H and O–H groups in total. The van der Waals surface area contributed by atoms with Gasteiger partial charge in [-0.15, -0.1) is 0 Å². The predicted octanol–water partition coefficient (Wildman–Crippen LogP) is 4.05. The number of piperidine rings is 1. The highest BCUT2D eigenvalue weighted by atomic mass is 16.2. The average molecular weight is 427 g/mol. The standard InChI is InChI=1S/C25H36N3O3/c1-19(29)28(14-4-3-5-15-28)25(31)26(2)16-20-10-12-23(13-11-20)24(30)27-17-21-6-7-22(18-27)9-8-21/h10-13,21-22H,3-9,14-18H2,1-2H3/q+1. The Bertz CT molecular complexity index is 807. The van der Waals surface area contributed by atoms with Gasteiger partial charge in [-0.2, -0.15) is 4.48 Å². The summed E-state index contributed by atoms with van der Waals surface area (Å²) in [5.41, 5.74) is 1.70. The second-order valence-electron chi connectivity index (χ2n) is 9.93. The van der Waals surface area contributed by atoms with Crippen molar-refractivity contribution in [3.63, 3.8) is 0 Å². The zero-order valence-corrected chi connectivity index (χ0v) is 19.0. The molecule has 1 saturated carbocycles. The molecule has 0 spiro atoms. The van der Waals surface area contributed by atoms with Gasteiger partial charge in [0.1, 0.15) is 0 Å². The average Bonchev–Trinajstić information content (AvgIpc) is 3.13. The Kier molecular flexibility index (Phi) is 6.47. The van der Waals surface area contributed by atoms with Gasteiger partial charge in [-0.3, -0.25) is 9.69 Å². The summed E-state index contributed by atoms with van der Waals surface area (Å²) in [5.74, 6) is 1.38. The molecular formula is C25H36N3O3+. The molecule has 6 nitrogen and oxygen atoms in total. The lowest BCUT2D eigenvalue weighted by atomic mass is 9.84. The maximum atomic E-state index is 13.2. The number of urea groups is 1. The van der Waals surface area contributed by atoms with Crippen LogP contribution in [0.2, 0.25) is 0 Å². The highest BCUT2D eigenvalue weighted by molar-refractivity contribution is 5.94. The number of benzene rings is 1. The fraction of sp³-hybridized carbons (Fsp3) is 0.640. The number of rotatable bonds is 3. The van der Waals surface area contributed by atoms with Gasteiger partial charge in [0.2, 0.25) is 0 Å². The van der Waals surface area contributed by atoms with Crippen molar-refractivity contribution in [1.29, 1.82) is 0 Å². The number of nitrogens with zero attached hydrogens (tertiary/aromatic N) is 3. The summed E-state index contributed by atoms with van der Waals surface area (Å²) in [5, 5.41) is 0. The van der Waals surface area contributed by atoms with Crippen molar-refractivity contribution in [2.24, 2.45) is 11.8 Å². The lowest BCUT2D eigenvalue weighted by molar-refractivity contribution is -0.783. The third-order valence-corrected chi connectivity index (χ3v) is 7.71. The molecule has 3 heterocycles. The van der Waals surface area contributed by atoms with Gasteiger partial charge in [0, 0.05) is 25.7 Å². The SMILES string of the molecule is CC(=O)[N+]1(C(=O)N(C)Cc2ccc(C(=O)N3CC4CCC(CC4)C3)cc2)CCCCC1. The molecule has 0 aromatic heterocycles. The molecule has 5 rings (SSSR count). The summed E-state index contributed by atoms with van der Waals surface area (Å²) in [6.45, 7) is 4.95. The summed E-state index contributed by atoms with van der Waals surface area (Å²) in [6, 6.07) is 7.54. The van der Waals surface area contributed by atoms with Crippen LogP contribution in [0.1, 0.15) is 67.8 Å². The van der Waals surface area contributed by atoms with E-state index in [1.54, 1.807) is 11.9 Å². The van der Waals surface area contributed by atoms with Crippen molar-refractivity contribution in [1.82, 2.24) is 9.80 Å². The van der Waals surface area contributed by atoms with E-state index in [2.05, 4.69) is 4.90 Å². The molecule has 4 aliphatic rings. The number of fused-ring (bicyclic) bond motifs is 4. The van der Waals surface area contributed by atoms with Gasteiger partial charge in [-0.25, -0.2) is 9.59 Å². The number of amides is 4. The van der Waals surface area contributed by atoms with E-state index >= 15 is 0 Å². The van der Waals surface area contributed by atoms with Crippen molar-refractivity contribution < 1.29 is 18.9 Å². The Balaban J connectivity index is 1.40. The lowest BCUT2D eigenvalue weighted by Gasteiger charge is -2.37. The molecule has 1 aromatic carbocycles. The quantitative estimate of drug-likeness (QED) is 0.685. The molecule has 2 bridgehead atoms. The maximum absolute atomic E-state index is 13.2. The number of imide groups is 1. The molecule has 0 unspecified atom stereocenters. The van der Waals surface area contributed by atoms with Crippen LogP contribution in [0.25, 0.3) is 0 Å². The van der Waals surface area contributed by atoms with Crippen LogP contribution >= 0.6 is 0 Å². The highest BCUT2D eigenvalue weighted by Gasteiger charge is 2.45. The number of quaternary nitrogens is 1. The van der Waals surface area contributed by atoms with Crippen LogP contribution in [-0.4, -0.2) is 65.4 Å². The number of carbonyl (C=O) groups is 3. The molecule has 3 aliphatic heterocycles. The van der Waals surface area contributed by atoms with Gasteiger partial charge in [0.05, 0.1) is 26.6 Å². The van der Waals surface area contributed by atoms with E-state index in [-0.39, 0.29) is 22.3 Å². The first-order valence-corrected chi connectivity index (χ1v) is 11.9. The zero-order valence-electron chi connectivity index (χ0n) is 19.0. The molecule has 168 valence electrons. The van der Waals surface area contributed by atoms with Gasteiger partial charge in [-0.05, 0) is 74.5 Å². The number of hydrogen-bond acceptors (Lipinski definition) is 3. The van der Waals surface area contributed by atoms with Gasteiger partial charge < -0.3 is 4.90 Å². The second-order valence-corrected chi connectivity index (χ2v) is 9.93. The fourth-order valence-electron chi connectivity index (χ4n) is 5.76. The number of hydrogen-bond donors (Lipinski definition) is 0. The largest absolute Gasteiger partial charge is 0.426 e. The van der Waals surface area contributed by atoms with Crippen LogP contribution in [-0.2, 0) is 11.3 Å². The van der Waals surface area contributed by atoms with E-state index in [1.807, 2.05) is 24.3 Å². The summed E-state index contributed by atoms with van der Waals surface area (Å²) < 4.78 is -0.0651. The molecule has 4 amide bonds. The predicted molar refractivity (Wildman–Crippen MR) is 119 cm³/mol. The Morgan fingerprint density at radius 1 is 0.935 bits per heavy atom. The summed E-state index contributed by atoms with van der Waals surface area (Å²) in [6.07, 6.45) is 7.94. The summed E-state index contributed by atoms with van der Waals surface area (Å²) in [4.78, 5) is 42.3. The van der Waals surface area contributed by atoms with Gasteiger partial charge in [-0.1, -0.05) is 12.1 Å². The zero-order chi connectivity index (χ0) is 22.0. The normalized spacial score (nSPS) is 25.0. The van der Waals surface area contributed by atoms with Crippen LogP contribution in [0.3, 0.4) is 0 Å². The molecule has 4 fully saturated rings. The first kappa shape index (κ1) is 22.0. The third kappa shape index (κ3) is 4.54. The van der Waals surface area contributed by atoms with Crippen molar-refractivity contribution >= 4 is 17.8 Å². The van der Waals surface area contributed by atoms with E-state index in [0.717, 1.165) is 43.5 Å².